The van der Waals surface area contributed by atoms with Gasteiger partial charge in [0.25, 0.3) is 5.56 Å². The lowest BCUT2D eigenvalue weighted by atomic mass is 10.1. The van der Waals surface area contributed by atoms with Crippen LogP contribution in [0.25, 0.3) is 10.9 Å². The van der Waals surface area contributed by atoms with E-state index >= 15 is 0 Å². The van der Waals surface area contributed by atoms with Crippen molar-refractivity contribution in [2.45, 2.75) is 19.6 Å². The highest BCUT2D eigenvalue weighted by atomic mass is 19.1. The van der Waals surface area contributed by atoms with Gasteiger partial charge in [-0.05, 0) is 37.3 Å². The summed E-state index contributed by atoms with van der Waals surface area (Å²) in [6.45, 7) is 1.42. The van der Waals surface area contributed by atoms with Gasteiger partial charge < -0.3 is 5.11 Å². The zero-order chi connectivity index (χ0) is 16.6. The molecule has 0 radical (unpaired) electrons. The Morgan fingerprint density at radius 3 is 2.74 bits per heavy atom. The van der Waals surface area contributed by atoms with Crippen LogP contribution in [0.3, 0.4) is 0 Å². The van der Waals surface area contributed by atoms with Gasteiger partial charge in [-0.1, -0.05) is 12.1 Å². The molecule has 1 N–H and O–H groups in total. The standard InChI is InChI=1S/C17H14F2N2O2/c1-10-20-15-5-3-2-4-12(15)17(23)21(10)9-16(22)13-8-11(18)6-7-14(13)19/h2-8,16,22H,9H2,1H3. The lowest BCUT2D eigenvalue weighted by Gasteiger charge is -2.16. The lowest BCUT2D eigenvalue weighted by Crippen LogP contribution is -2.27. The number of aliphatic hydroxyl groups excluding tert-OH is 1. The maximum absolute atomic E-state index is 13.7. The predicted octanol–water partition coefficient (Wildman–Crippen LogP) is 2.72. The highest BCUT2D eigenvalue weighted by molar-refractivity contribution is 5.77. The van der Waals surface area contributed by atoms with Gasteiger partial charge in [0.2, 0.25) is 0 Å². The van der Waals surface area contributed by atoms with Gasteiger partial charge in [-0.15, -0.1) is 0 Å². The molecule has 0 aliphatic carbocycles. The van der Waals surface area contributed by atoms with Crippen molar-refractivity contribution in [3.8, 4) is 0 Å². The fourth-order valence-electron chi connectivity index (χ4n) is 2.54. The Balaban J connectivity index is 2.04. The molecular weight excluding hydrogens is 302 g/mol. The maximum atomic E-state index is 13.7. The third-order valence-corrected chi connectivity index (χ3v) is 3.73. The van der Waals surface area contributed by atoms with Crippen molar-refractivity contribution in [3.05, 3.63) is 75.8 Å². The summed E-state index contributed by atoms with van der Waals surface area (Å²) in [5.41, 5.74) is 0.0334. The number of nitrogens with zero attached hydrogens (tertiary/aromatic N) is 2. The molecule has 1 heterocycles. The van der Waals surface area contributed by atoms with Crippen molar-refractivity contribution in [3.63, 3.8) is 0 Å². The second-order valence-electron chi connectivity index (χ2n) is 5.27. The molecule has 0 aliphatic rings. The number of para-hydroxylation sites is 1. The summed E-state index contributed by atoms with van der Waals surface area (Å²) in [5.74, 6) is -0.982. The number of hydrogen-bond acceptors (Lipinski definition) is 3. The monoisotopic (exact) mass is 316 g/mol. The summed E-state index contributed by atoms with van der Waals surface area (Å²) in [7, 11) is 0. The van der Waals surface area contributed by atoms with Crippen LogP contribution in [-0.4, -0.2) is 14.7 Å². The van der Waals surface area contributed by atoms with E-state index < -0.39 is 17.7 Å². The fraction of sp³-hybridized carbons (Fsp3) is 0.176. The van der Waals surface area contributed by atoms with Gasteiger partial charge in [0.05, 0.1) is 23.6 Å². The van der Waals surface area contributed by atoms with Crippen LogP contribution in [0.15, 0.2) is 47.3 Å². The minimum Gasteiger partial charge on any atom is -0.386 e. The topological polar surface area (TPSA) is 55.1 Å². The minimum absolute atomic E-state index is 0.190. The van der Waals surface area contributed by atoms with Gasteiger partial charge in [-0.2, -0.15) is 0 Å². The van der Waals surface area contributed by atoms with E-state index in [1.165, 1.54) is 4.57 Å². The van der Waals surface area contributed by atoms with Gasteiger partial charge in [-0.3, -0.25) is 9.36 Å². The first-order valence-electron chi connectivity index (χ1n) is 7.06. The molecule has 0 spiro atoms. The van der Waals surface area contributed by atoms with Crippen LogP contribution < -0.4 is 5.56 Å². The van der Waals surface area contributed by atoms with Crippen molar-refractivity contribution in [1.29, 1.82) is 0 Å². The van der Waals surface area contributed by atoms with Crippen LogP contribution in [0.5, 0.6) is 0 Å². The Labute approximate surface area is 130 Å². The van der Waals surface area contributed by atoms with E-state index in [1.807, 2.05) is 0 Å². The quantitative estimate of drug-likeness (QED) is 0.808. The van der Waals surface area contributed by atoms with Crippen molar-refractivity contribution < 1.29 is 13.9 Å². The maximum Gasteiger partial charge on any atom is 0.261 e. The number of halogens is 2. The second-order valence-corrected chi connectivity index (χ2v) is 5.27. The number of aliphatic hydroxyl groups is 1. The second kappa shape index (κ2) is 5.89. The van der Waals surface area contributed by atoms with Crippen LogP contribution in [0.2, 0.25) is 0 Å². The van der Waals surface area contributed by atoms with Crippen LogP contribution in [0.1, 0.15) is 17.5 Å². The Morgan fingerprint density at radius 2 is 1.96 bits per heavy atom. The van der Waals surface area contributed by atoms with E-state index in [4.69, 9.17) is 0 Å². The van der Waals surface area contributed by atoms with Gasteiger partial charge in [-0.25, -0.2) is 13.8 Å². The summed E-state index contributed by atoms with van der Waals surface area (Å²) < 4.78 is 28.3. The number of aromatic nitrogens is 2. The Bertz CT molecular complexity index is 938. The van der Waals surface area contributed by atoms with Crippen LogP contribution in [-0.2, 0) is 6.54 Å². The number of hydrogen-bond donors (Lipinski definition) is 1. The molecule has 0 aliphatic heterocycles. The van der Waals surface area contributed by atoms with E-state index in [0.29, 0.717) is 16.7 Å². The van der Waals surface area contributed by atoms with Gasteiger partial charge in [0, 0.05) is 5.56 Å². The first kappa shape index (κ1) is 15.3. The van der Waals surface area contributed by atoms with E-state index in [9.17, 15) is 18.7 Å². The largest absolute Gasteiger partial charge is 0.386 e. The zero-order valence-corrected chi connectivity index (χ0v) is 12.3. The molecular formula is C17H14F2N2O2. The summed E-state index contributed by atoms with van der Waals surface area (Å²) in [4.78, 5) is 16.8. The molecule has 0 saturated carbocycles. The molecule has 1 aromatic heterocycles. The van der Waals surface area contributed by atoms with Gasteiger partial charge >= 0.3 is 0 Å². The SMILES string of the molecule is Cc1nc2ccccc2c(=O)n1CC(O)c1cc(F)ccc1F. The smallest absolute Gasteiger partial charge is 0.261 e. The molecule has 6 heteroatoms. The highest BCUT2D eigenvalue weighted by Crippen LogP contribution is 2.20. The number of aryl methyl sites for hydroxylation is 1. The first-order valence-corrected chi connectivity index (χ1v) is 7.06. The molecule has 1 atom stereocenters. The normalized spacial score (nSPS) is 12.5. The Hall–Kier alpha value is -2.60. The predicted molar refractivity (Wildman–Crippen MR) is 82.1 cm³/mol. The highest BCUT2D eigenvalue weighted by Gasteiger charge is 2.17. The molecule has 3 aromatic rings. The molecule has 1 unspecified atom stereocenters. The minimum atomic E-state index is -1.36. The average molecular weight is 316 g/mol. The van der Waals surface area contributed by atoms with Crippen LogP contribution >= 0.6 is 0 Å². The Kier molecular flexibility index (Phi) is 3.92. The van der Waals surface area contributed by atoms with Crippen molar-refractivity contribution in [2.24, 2.45) is 0 Å². The van der Waals surface area contributed by atoms with E-state index in [-0.39, 0.29) is 17.7 Å². The summed E-state index contributed by atoms with van der Waals surface area (Å²) in [5, 5.41) is 10.6. The van der Waals surface area contributed by atoms with Crippen LogP contribution in [0, 0.1) is 18.6 Å². The van der Waals surface area contributed by atoms with Crippen molar-refractivity contribution in [2.75, 3.05) is 0 Å². The summed E-state index contributed by atoms with van der Waals surface area (Å²) >= 11 is 0. The number of benzene rings is 2. The molecule has 118 valence electrons. The number of rotatable bonds is 3. The lowest BCUT2D eigenvalue weighted by molar-refractivity contribution is 0.149. The molecule has 0 fully saturated rings. The zero-order valence-electron chi connectivity index (χ0n) is 12.3. The van der Waals surface area contributed by atoms with Crippen LogP contribution in [0.4, 0.5) is 8.78 Å². The van der Waals surface area contributed by atoms with Gasteiger partial charge in [0.1, 0.15) is 17.5 Å². The van der Waals surface area contributed by atoms with E-state index in [2.05, 4.69) is 4.98 Å². The molecule has 3 rings (SSSR count). The first-order chi connectivity index (χ1) is 11.0. The number of fused-ring (bicyclic) bond motifs is 1. The third-order valence-electron chi connectivity index (χ3n) is 3.73. The Morgan fingerprint density at radius 1 is 1.22 bits per heavy atom. The molecule has 0 bridgehead atoms. The summed E-state index contributed by atoms with van der Waals surface area (Å²) in [6, 6.07) is 9.69. The molecule has 0 saturated heterocycles. The summed E-state index contributed by atoms with van der Waals surface area (Å²) in [6.07, 6.45) is -1.36. The van der Waals surface area contributed by atoms with Gasteiger partial charge in [0.15, 0.2) is 0 Å². The third kappa shape index (κ3) is 2.85. The van der Waals surface area contributed by atoms with E-state index in [1.54, 1.807) is 31.2 Å². The van der Waals surface area contributed by atoms with Crippen molar-refractivity contribution in [1.82, 2.24) is 9.55 Å². The fourth-order valence-corrected chi connectivity index (χ4v) is 2.54. The van der Waals surface area contributed by atoms with Crippen molar-refractivity contribution >= 4 is 10.9 Å². The average Bonchev–Trinajstić information content (AvgIpc) is 2.53. The molecule has 23 heavy (non-hydrogen) atoms. The molecule has 0 amide bonds. The molecule has 2 aromatic carbocycles. The molecule has 4 nitrogen and oxygen atoms in total. The van der Waals surface area contributed by atoms with E-state index in [0.717, 1.165) is 18.2 Å².